The summed E-state index contributed by atoms with van der Waals surface area (Å²) >= 11 is 0. The van der Waals surface area contributed by atoms with Gasteiger partial charge in [-0.3, -0.25) is 4.68 Å². The first-order valence-electron chi connectivity index (χ1n) is 4.65. The monoisotopic (exact) mass is 182 g/mol. The summed E-state index contributed by atoms with van der Waals surface area (Å²) in [7, 11) is 1.97. The number of rotatable bonds is 0. The highest BCUT2D eigenvalue weighted by Crippen LogP contribution is 2.21. The van der Waals surface area contributed by atoms with E-state index in [-0.39, 0.29) is 0 Å². The minimum absolute atomic E-state index is 1.18. The van der Waals surface area contributed by atoms with Crippen LogP contribution in [0.2, 0.25) is 0 Å². The summed E-state index contributed by atoms with van der Waals surface area (Å²) in [5.41, 5.74) is 1.18. The fraction of sp³-hybridized carbons (Fsp3) is 0.0833. The maximum atomic E-state index is 4.24. The lowest BCUT2D eigenvalue weighted by Gasteiger charge is -1.98. The first-order chi connectivity index (χ1) is 6.84. The van der Waals surface area contributed by atoms with Crippen LogP contribution in [-0.2, 0) is 7.05 Å². The first-order valence-corrected chi connectivity index (χ1v) is 4.65. The summed E-state index contributed by atoms with van der Waals surface area (Å²) in [6.07, 6.45) is 1.90. The minimum atomic E-state index is 1.18. The third kappa shape index (κ3) is 0.940. The van der Waals surface area contributed by atoms with E-state index in [0.717, 1.165) is 0 Å². The number of benzene rings is 2. The smallest absolute Gasteiger partial charge is 0.0685 e. The van der Waals surface area contributed by atoms with Gasteiger partial charge in [0, 0.05) is 12.4 Å². The zero-order chi connectivity index (χ0) is 9.54. The third-order valence-electron chi connectivity index (χ3n) is 2.61. The molecule has 0 aliphatic carbocycles. The van der Waals surface area contributed by atoms with Crippen molar-refractivity contribution in [3.8, 4) is 0 Å². The Kier molecular flexibility index (Phi) is 1.39. The summed E-state index contributed by atoms with van der Waals surface area (Å²) in [4.78, 5) is 0. The van der Waals surface area contributed by atoms with E-state index in [1.807, 2.05) is 17.9 Å². The highest BCUT2D eigenvalue weighted by Gasteiger charge is 2.00. The fourth-order valence-corrected chi connectivity index (χ4v) is 1.84. The fourth-order valence-electron chi connectivity index (χ4n) is 1.84. The topological polar surface area (TPSA) is 17.8 Å². The second-order valence-electron chi connectivity index (χ2n) is 3.53. The van der Waals surface area contributed by atoms with Crippen LogP contribution in [0.25, 0.3) is 21.7 Å². The van der Waals surface area contributed by atoms with Gasteiger partial charge in [0.1, 0.15) is 0 Å². The quantitative estimate of drug-likeness (QED) is 0.522. The lowest BCUT2D eigenvalue weighted by atomic mass is 10.1. The Morgan fingerprint density at radius 1 is 1.00 bits per heavy atom. The van der Waals surface area contributed by atoms with Crippen LogP contribution in [0.3, 0.4) is 0 Å². The second-order valence-corrected chi connectivity index (χ2v) is 3.53. The molecule has 68 valence electrons. The van der Waals surface area contributed by atoms with Crippen molar-refractivity contribution in [2.24, 2.45) is 7.05 Å². The molecule has 0 saturated carbocycles. The number of fused-ring (bicyclic) bond motifs is 2. The molecule has 0 unspecified atom stereocenters. The Labute approximate surface area is 81.8 Å². The first kappa shape index (κ1) is 7.56. The number of nitrogens with zero attached hydrogens (tertiary/aromatic N) is 2. The van der Waals surface area contributed by atoms with E-state index >= 15 is 0 Å². The van der Waals surface area contributed by atoms with Gasteiger partial charge in [-0.1, -0.05) is 24.3 Å². The number of hydrogen-bond donors (Lipinski definition) is 0. The predicted molar refractivity (Wildman–Crippen MR) is 58.2 cm³/mol. The van der Waals surface area contributed by atoms with Crippen LogP contribution in [0.15, 0.2) is 42.6 Å². The van der Waals surface area contributed by atoms with Crippen LogP contribution in [0.5, 0.6) is 0 Å². The molecule has 2 aromatic carbocycles. The van der Waals surface area contributed by atoms with Crippen molar-refractivity contribution in [1.29, 1.82) is 0 Å². The molecule has 14 heavy (non-hydrogen) atoms. The SMILES string of the molecule is Cn1ncc2cc3ccccc3cc21. The van der Waals surface area contributed by atoms with E-state index in [9.17, 15) is 0 Å². The molecule has 2 heteroatoms. The zero-order valence-corrected chi connectivity index (χ0v) is 7.94. The molecule has 0 fully saturated rings. The molecule has 1 heterocycles. The molecule has 0 atom stereocenters. The Morgan fingerprint density at radius 3 is 2.50 bits per heavy atom. The van der Waals surface area contributed by atoms with Crippen molar-refractivity contribution in [2.45, 2.75) is 0 Å². The molecule has 0 saturated heterocycles. The Bertz CT molecular complexity index is 608. The van der Waals surface area contributed by atoms with Gasteiger partial charge in [-0.2, -0.15) is 5.10 Å². The number of aromatic nitrogens is 2. The Hall–Kier alpha value is -1.83. The molecule has 0 spiro atoms. The van der Waals surface area contributed by atoms with E-state index in [1.165, 1.54) is 21.7 Å². The van der Waals surface area contributed by atoms with Gasteiger partial charge in [-0.15, -0.1) is 0 Å². The largest absolute Gasteiger partial charge is 0.268 e. The zero-order valence-electron chi connectivity index (χ0n) is 7.94. The van der Waals surface area contributed by atoms with Gasteiger partial charge in [0.15, 0.2) is 0 Å². The van der Waals surface area contributed by atoms with E-state index < -0.39 is 0 Å². The normalized spacial score (nSPS) is 11.2. The van der Waals surface area contributed by atoms with Gasteiger partial charge in [0.2, 0.25) is 0 Å². The van der Waals surface area contributed by atoms with Crippen molar-refractivity contribution in [2.75, 3.05) is 0 Å². The van der Waals surface area contributed by atoms with Gasteiger partial charge < -0.3 is 0 Å². The second kappa shape index (κ2) is 2.58. The van der Waals surface area contributed by atoms with Crippen molar-refractivity contribution in [3.63, 3.8) is 0 Å². The Balaban J connectivity index is 2.54. The van der Waals surface area contributed by atoms with Crippen LogP contribution in [-0.4, -0.2) is 9.78 Å². The van der Waals surface area contributed by atoms with Gasteiger partial charge >= 0.3 is 0 Å². The van der Waals surface area contributed by atoms with E-state index in [0.29, 0.717) is 0 Å². The van der Waals surface area contributed by atoms with Gasteiger partial charge in [0.25, 0.3) is 0 Å². The predicted octanol–water partition coefficient (Wildman–Crippen LogP) is 2.73. The van der Waals surface area contributed by atoms with Gasteiger partial charge in [-0.05, 0) is 22.9 Å². The average molecular weight is 182 g/mol. The molecule has 0 radical (unpaired) electrons. The Morgan fingerprint density at radius 2 is 1.71 bits per heavy atom. The summed E-state index contributed by atoms with van der Waals surface area (Å²) in [5.74, 6) is 0. The molecular formula is C12H10N2. The van der Waals surface area contributed by atoms with Gasteiger partial charge in [0.05, 0.1) is 11.7 Å². The van der Waals surface area contributed by atoms with E-state index in [2.05, 4.69) is 41.5 Å². The molecule has 0 N–H and O–H groups in total. The minimum Gasteiger partial charge on any atom is -0.268 e. The van der Waals surface area contributed by atoms with Crippen molar-refractivity contribution < 1.29 is 0 Å². The molecule has 0 bridgehead atoms. The van der Waals surface area contributed by atoms with Crippen LogP contribution in [0, 0.1) is 0 Å². The van der Waals surface area contributed by atoms with E-state index in [1.54, 1.807) is 0 Å². The highest BCUT2D eigenvalue weighted by molar-refractivity contribution is 5.96. The number of hydrogen-bond acceptors (Lipinski definition) is 1. The van der Waals surface area contributed by atoms with Crippen molar-refractivity contribution in [3.05, 3.63) is 42.6 Å². The maximum Gasteiger partial charge on any atom is 0.0685 e. The molecule has 0 amide bonds. The van der Waals surface area contributed by atoms with Crippen molar-refractivity contribution >= 4 is 21.7 Å². The lowest BCUT2D eigenvalue weighted by molar-refractivity contribution is 0.797. The molecular weight excluding hydrogens is 172 g/mol. The molecule has 2 nitrogen and oxygen atoms in total. The maximum absolute atomic E-state index is 4.24. The molecule has 0 aliphatic heterocycles. The molecule has 3 rings (SSSR count). The van der Waals surface area contributed by atoms with Gasteiger partial charge in [-0.25, -0.2) is 0 Å². The van der Waals surface area contributed by atoms with Crippen molar-refractivity contribution in [1.82, 2.24) is 9.78 Å². The summed E-state index contributed by atoms with van der Waals surface area (Å²) in [6.45, 7) is 0. The average Bonchev–Trinajstić information content (AvgIpc) is 2.57. The summed E-state index contributed by atoms with van der Waals surface area (Å²) in [6, 6.07) is 12.7. The summed E-state index contributed by atoms with van der Waals surface area (Å²) in [5, 5.41) is 7.97. The van der Waals surface area contributed by atoms with Crippen LogP contribution in [0.4, 0.5) is 0 Å². The molecule has 1 aromatic heterocycles. The van der Waals surface area contributed by atoms with Crippen LogP contribution >= 0.6 is 0 Å². The molecule has 3 aromatic rings. The lowest BCUT2D eigenvalue weighted by Crippen LogP contribution is -1.88. The summed E-state index contributed by atoms with van der Waals surface area (Å²) < 4.78 is 1.90. The third-order valence-corrected chi connectivity index (χ3v) is 2.61. The highest BCUT2D eigenvalue weighted by atomic mass is 15.2. The number of aryl methyl sites for hydroxylation is 1. The van der Waals surface area contributed by atoms with E-state index in [4.69, 9.17) is 0 Å². The molecule has 0 aliphatic rings. The van der Waals surface area contributed by atoms with Crippen LogP contribution < -0.4 is 0 Å². The standard InChI is InChI=1S/C12H10N2/c1-14-12-7-10-5-3-2-4-9(10)6-11(12)8-13-14/h2-8H,1H3. The van der Waals surface area contributed by atoms with Crippen LogP contribution in [0.1, 0.15) is 0 Å².